The van der Waals surface area contributed by atoms with Crippen molar-refractivity contribution in [2.75, 3.05) is 26.0 Å². The molecule has 0 saturated heterocycles. The Labute approximate surface area is 130 Å². The highest BCUT2D eigenvalue weighted by atomic mass is 16.6. The number of rotatable bonds is 7. The van der Waals surface area contributed by atoms with E-state index in [2.05, 4.69) is 36.4 Å². The molecule has 2 aromatic rings. The fourth-order valence-electron chi connectivity index (χ4n) is 2.26. The first-order valence-corrected chi connectivity index (χ1v) is 7.25. The van der Waals surface area contributed by atoms with Gasteiger partial charge in [0.05, 0.1) is 4.92 Å². The van der Waals surface area contributed by atoms with E-state index in [-0.39, 0.29) is 10.6 Å². The average Bonchev–Trinajstić information content (AvgIpc) is 2.52. The third-order valence-corrected chi connectivity index (χ3v) is 3.66. The third-order valence-electron chi connectivity index (χ3n) is 3.66. The maximum atomic E-state index is 10.6. The van der Waals surface area contributed by atoms with Crippen molar-refractivity contribution in [1.82, 2.24) is 4.90 Å². The first kappa shape index (κ1) is 16.0. The van der Waals surface area contributed by atoms with Crippen LogP contribution in [0.25, 0.3) is 0 Å². The Morgan fingerprint density at radius 2 is 1.73 bits per heavy atom. The summed E-state index contributed by atoms with van der Waals surface area (Å²) in [5.41, 5.74) is 2.30. The van der Waals surface area contributed by atoms with Crippen molar-refractivity contribution < 1.29 is 4.92 Å². The molecule has 2 rings (SSSR count). The molecule has 0 heterocycles. The summed E-state index contributed by atoms with van der Waals surface area (Å²) in [6.07, 6.45) is 0.952. The van der Waals surface area contributed by atoms with Crippen molar-refractivity contribution in [3.63, 3.8) is 0 Å². The summed E-state index contributed by atoms with van der Waals surface area (Å²) in [7, 11) is 4.12. The van der Waals surface area contributed by atoms with E-state index in [1.165, 1.54) is 17.7 Å². The smallest absolute Gasteiger partial charge is 0.269 e. The van der Waals surface area contributed by atoms with E-state index in [9.17, 15) is 10.1 Å². The standard InChI is InChI=1S/C17H21N3O2/c1-19(2)17(12-14-6-4-3-5-7-14)13-18-15-8-10-16(11-9-15)20(21)22/h3-11,17-18H,12-13H2,1-2H3. The lowest BCUT2D eigenvalue weighted by Crippen LogP contribution is -2.36. The zero-order valence-electron chi connectivity index (χ0n) is 12.9. The first-order valence-electron chi connectivity index (χ1n) is 7.25. The molecule has 0 aliphatic heterocycles. The van der Waals surface area contributed by atoms with Gasteiger partial charge in [-0.05, 0) is 38.2 Å². The predicted octanol–water partition coefficient (Wildman–Crippen LogP) is 3.18. The summed E-state index contributed by atoms with van der Waals surface area (Å²) >= 11 is 0. The maximum absolute atomic E-state index is 10.6. The highest BCUT2D eigenvalue weighted by molar-refractivity contribution is 5.48. The Balaban J connectivity index is 1.95. The van der Waals surface area contributed by atoms with Gasteiger partial charge in [0.2, 0.25) is 0 Å². The van der Waals surface area contributed by atoms with Gasteiger partial charge in [0.15, 0.2) is 0 Å². The third kappa shape index (κ3) is 4.56. The van der Waals surface area contributed by atoms with Gasteiger partial charge >= 0.3 is 0 Å². The number of non-ortho nitro benzene ring substituents is 1. The molecule has 0 amide bonds. The predicted molar refractivity (Wildman–Crippen MR) is 89.2 cm³/mol. The van der Waals surface area contributed by atoms with Crippen LogP contribution in [0.15, 0.2) is 54.6 Å². The van der Waals surface area contributed by atoms with E-state index in [0.717, 1.165) is 18.7 Å². The van der Waals surface area contributed by atoms with Gasteiger partial charge in [0.1, 0.15) is 0 Å². The number of nitrogens with zero attached hydrogens (tertiary/aromatic N) is 2. The van der Waals surface area contributed by atoms with Gasteiger partial charge in [-0.1, -0.05) is 30.3 Å². The number of hydrogen-bond acceptors (Lipinski definition) is 4. The van der Waals surface area contributed by atoms with Crippen LogP contribution < -0.4 is 5.32 Å². The number of nitro benzene ring substituents is 1. The molecule has 0 aliphatic rings. The monoisotopic (exact) mass is 299 g/mol. The molecule has 1 unspecified atom stereocenters. The molecule has 5 nitrogen and oxygen atoms in total. The van der Waals surface area contributed by atoms with Gasteiger partial charge in [-0.2, -0.15) is 0 Å². The van der Waals surface area contributed by atoms with Crippen molar-refractivity contribution >= 4 is 11.4 Å². The second-order valence-corrected chi connectivity index (χ2v) is 5.49. The van der Waals surface area contributed by atoms with Crippen LogP contribution in [0.2, 0.25) is 0 Å². The molecule has 0 radical (unpaired) electrons. The van der Waals surface area contributed by atoms with Gasteiger partial charge in [-0.3, -0.25) is 10.1 Å². The van der Waals surface area contributed by atoms with Gasteiger partial charge in [-0.15, -0.1) is 0 Å². The summed E-state index contributed by atoms with van der Waals surface area (Å²) in [6.45, 7) is 0.777. The van der Waals surface area contributed by atoms with E-state index in [1.54, 1.807) is 12.1 Å². The van der Waals surface area contributed by atoms with Gasteiger partial charge in [0, 0.05) is 30.4 Å². The first-order chi connectivity index (χ1) is 10.6. The Hall–Kier alpha value is -2.40. The maximum Gasteiger partial charge on any atom is 0.269 e. The van der Waals surface area contributed by atoms with Crippen molar-refractivity contribution in [3.05, 3.63) is 70.3 Å². The number of hydrogen-bond donors (Lipinski definition) is 1. The molecule has 1 atom stereocenters. The van der Waals surface area contributed by atoms with Crippen LogP contribution in [0.3, 0.4) is 0 Å². The lowest BCUT2D eigenvalue weighted by atomic mass is 10.1. The molecule has 1 N–H and O–H groups in total. The molecule has 0 spiro atoms. The van der Waals surface area contributed by atoms with Gasteiger partial charge in [-0.25, -0.2) is 0 Å². The van der Waals surface area contributed by atoms with Gasteiger partial charge < -0.3 is 10.2 Å². The van der Waals surface area contributed by atoms with Crippen molar-refractivity contribution in [2.24, 2.45) is 0 Å². The largest absolute Gasteiger partial charge is 0.383 e. The SMILES string of the molecule is CN(C)C(CNc1ccc([N+](=O)[O-])cc1)Cc1ccccc1. The van der Waals surface area contributed by atoms with Crippen LogP contribution in [0.1, 0.15) is 5.56 Å². The Bertz CT molecular complexity index is 597. The molecule has 116 valence electrons. The van der Waals surface area contributed by atoms with E-state index in [0.29, 0.717) is 6.04 Å². The average molecular weight is 299 g/mol. The Morgan fingerprint density at radius 1 is 1.09 bits per heavy atom. The van der Waals surface area contributed by atoms with Crippen LogP contribution in [0.4, 0.5) is 11.4 Å². The molecule has 0 fully saturated rings. The molecule has 2 aromatic carbocycles. The van der Waals surface area contributed by atoms with Crippen molar-refractivity contribution in [2.45, 2.75) is 12.5 Å². The zero-order valence-corrected chi connectivity index (χ0v) is 12.9. The number of anilines is 1. The van der Waals surface area contributed by atoms with E-state index in [1.807, 2.05) is 18.2 Å². The van der Waals surface area contributed by atoms with Crippen molar-refractivity contribution in [3.8, 4) is 0 Å². The normalized spacial score (nSPS) is 12.1. The highest BCUT2D eigenvalue weighted by Crippen LogP contribution is 2.16. The topological polar surface area (TPSA) is 58.4 Å². The molecule has 0 aliphatic carbocycles. The molecule has 0 aromatic heterocycles. The molecule has 0 saturated carbocycles. The summed E-state index contributed by atoms with van der Waals surface area (Å²) in [4.78, 5) is 12.4. The van der Waals surface area contributed by atoms with E-state index >= 15 is 0 Å². The van der Waals surface area contributed by atoms with Crippen molar-refractivity contribution in [1.29, 1.82) is 0 Å². The lowest BCUT2D eigenvalue weighted by Gasteiger charge is -2.25. The minimum Gasteiger partial charge on any atom is -0.383 e. The van der Waals surface area contributed by atoms with Crippen LogP contribution >= 0.6 is 0 Å². The fourth-order valence-corrected chi connectivity index (χ4v) is 2.26. The van der Waals surface area contributed by atoms with E-state index < -0.39 is 0 Å². The highest BCUT2D eigenvalue weighted by Gasteiger charge is 2.12. The number of nitro groups is 1. The zero-order chi connectivity index (χ0) is 15.9. The summed E-state index contributed by atoms with van der Waals surface area (Å²) < 4.78 is 0. The minimum absolute atomic E-state index is 0.110. The summed E-state index contributed by atoms with van der Waals surface area (Å²) in [6, 6.07) is 17.2. The summed E-state index contributed by atoms with van der Waals surface area (Å²) in [5, 5.41) is 14.0. The molecular formula is C17H21N3O2. The number of likely N-dealkylation sites (N-methyl/N-ethyl adjacent to an activating group) is 1. The van der Waals surface area contributed by atoms with E-state index in [4.69, 9.17) is 0 Å². The fraction of sp³-hybridized carbons (Fsp3) is 0.294. The minimum atomic E-state index is -0.387. The van der Waals surface area contributed by atoms with Crippen LogP contribution in [0, 0.1) is 10.1 Å². The quantitative estimate of drug-likeness (QED) is 0.630. The number of nitrogens with one attached hydrogen (secondary N) is 1. The van der Waals surface area contributed by atoms with Crippen LogP contribution in [-0.4, -0.2) is 36.5 Å². The molecular weight excluding hydrogens is 278 g/mol. The molecule has 0 bridgehead atoms. The molecule has 5 heteroatoms. The Morgan fingerprint density at radius 3 is 2.27 bits per heavy atom. The second kappa shape index (κ2) is 7.56. The number of benzene rings is 2. The molecule has 22 heavy (non-hydrogen) atoms. The summed E-state index contributed by atoms with van der Waals surface area (Å²) in [5.74, 6) is 0. The lowest BCUT2D eigenvalue weighted by molar-refractivity contribution is -0.384. The second-order valence-electron chi connectivity index (χ2n) is 5.49. The van der Waals surface area contributed by atoms with Crippen LogP contribution in [-0.2, 0) is 6.42 Å². The van der Waals surface area contributed by atoms with Gasteiger partial charge in [0.25, 0.3) is 5.69 Å². The van der Waals surface area contributed by atoms with Crippen LogP contribution in [0.5, 0.6) is 0 Å². The Kier molecular flexibility index (Phi) is 5.49.